The Labute approximate surface area is 150 Å². The van der Waals surface area contributed by atoms with Gasteiger partial charge in [-0.05, 0) is 30.7 Å². The highest BCUT2D eigenvalue weighted by atomic mass is 19.4. The number of nitrogens with one attached hydrogen (secondary N) is 2. The Kier molecular flexibility index (Phi) is 6.94. The lowest BCUT2D eigenvalue weighted by Gasteiger charge is -2.16. The van der Waals surface area contributed by atoms with Crippen molar-refractivity contribution in [3.63, 3.8) is 0 Å². The number of halogens is 3. The number of alkyl halides is 3. The normalized spacial score (nSPS) is 12.1. The van der Waals surface area contributed by atoms with E-state index in [1.54, 1.807) is 32.4 Å². The Morgan fingerprint density at radius 1 is 1.23 bits per heavy atom. The second-order valence-corrected chi connectivity index (χ2v) is 5.70. The molecule has 0 saturated carbocycles. The van der Waals surface area contributed by atoms with Crippen molar-refractivity contribution in [1.82, 2.24) is 10.6 Å². The predicted molar refractivity (Wildman–Crippen MR) is 93.3 cm³/mol. The molecule has 0 aliphatic carbocycles. The van der Waals surface area contributed by atoms with Crippen molar-refractivity contribution in [3.8, 4) is 5.75 Å². The summed E-state index contributed by atoms with van der Waals surface area (Å²) in [5.41, 5.74) is 1.45. The number of hydrogen-bond donors (Lipinski definition) is 2. The Hall–Kier alpha value is -2.64. The van der Waals surface area contributed by atoms with Gasteiger partial charge in [0.05, 0.1) is 6.26 Å². The van der Waals surface area contributed by atoms with Gasteiger partial charge in [-0.15, -0.1) is 0 Å². The van der Waals surface area contributed by atoms with Gasteiger partial charge in [-0.1, -0.05) is 12.1 Å². The fourth-order valence-corrected chi connectivity index (χ4v) is 2.26. The van der Waals surface area contributed by atoms with E-state index < -0.39 is 12.8 Å². The summed E-state index contributed by atoms with van der Waals surface area (Å²) in [7, 11) is 1.62. The number of ether oxygens (including phenoxy) is 1. The first kappa shape index (κ1) is 19.7. The van der Waals surface area contributed by atoms with Gasteiger partial charge in [0.1, 0.15) is 11.5 Å². The summed E-state index contributed by atoms with van der Waals surface area (Å²) in [6.45, 7) is 1.37. The van der Waals surface area contributed by atoms with Crippen LogP contribution in [0.25, 0.3) is 0 Å². The molecule has 2 aromatic rings. The molecule has 2 N–H and O–H groups in total. The standard InChI is InChI=1S/C18H22F3N3O2/c1-13-5-6-14(16(10-13)26-12-18(19,20)21)11-24-17(22-2)23-8-7-15-4-3-9-25-15/h3-6,9-10H,7-8,11-12H2,1-2H3,(H2,22,23,24). The van der Waals surface area contributed by atoms with Gasteiger partial charge in [0, 0.05) is 32.1 Å². The summed E-state index contributed by atoms with van der Waals surface area (Å²) >= 11 is 0. The van der Waals surface area contributed by atoms with Gasteiger partial charge in [0.15, 0.2) is 12.6 Å². The number of benzene rings is 1. The van der Waals surface area contributed by atoms with E-state index >= 15 is 0 Å². The van der Waals surface area contributed by atoms with Crippen LogP contribution in [0, 0.1) is 6.92 Å². The van der Waals surface area contributed by atoms with E-state index in [0.29, 0.717) is 24.5 Å². The van der Waals surface area contributed by atoms with Crippen molar-refractivity contribution < 1.29 is 22.3 Å². The molecule has 0 atom stereocenters. The van der Waals surface area contributed by atoms with Gasteiger partial charge in [-0.3, -0.25) is 4.99 Å². The van der Waals surface area contributed by atoms with Crippen LogP contribution in [0.15, 0.2) is 46.0 Å². The van der Waals surface area contributed by atoms with Crippen molar-refractivity contribution in [2.45, 2.75) is 26.1 Å². The zero-order valence-corrected chi connectivity index (χ0v) is 14.7. The molecule has 142 valence electrons. The summed E-state index contributed by atoms with van der Waals surface area (Å²) in [4.78, 5) is 4.10. The van der Waals surface area contributed by atoms with E-state index in [1.165, 1.54) is 0 Å². The highest BCUT2D eigenvalue weighted by molar-refractivity contribution is 5.79. The SMILES string of the molecule is CN=C(NCCc1ccco1)NCc1ccc(C)cc1OCC(F)(F)F. The number of aryl methyl sites for hydroxylation is 1. The first-order chi connectivity index (χ1) is 12.4. The van der Waals surface area contributed by atoms with E-state index in [4.69, 9.17) is 9.15 Å². The van der Waals surface area contributed by atoms with E-state index in [0.717, 1.165) is 11.3 Å². The molecule has 0 radical (unpaired) electrons. The molecule has 0 amide bonds. The predicted octanol–water partition coefficient (Wildman–Crippen LogP) is 3.44. The van der Waals surface area contributed by atoms with Gasteiger partial charge in [0.2, 0.25) is 0 Å². The molecule has 2 rings (SSSR count). The Morgan fingerprint density at radius 2 is 2.04 bits per heavy atom. The molecular weight excluding hydrogens is 347 g/mol. The molecule has 5 nitrogen and oxygen atoms in total. The summed E-state index contributed by atoms with van der Waals surface area (Å²) in [6, 6.07) is 8.86. The Morgan fingerprint density at radius 3 is 2.69 bits per heavy atom. The molecule has 0 spiro atoms. The summed E-state index contributed by atoms with van der Waals surface area (Å²) in [5.74, 6) is 1.61. The van der Waals surface area contributed by atoms with Crippen LogP contribution in [0.2, 0.25) is 0 Å². The maximum atomic E-state index is 12.4. The molecule has 0 aliphatic heterocycles. The third-order valence-corrected chi connectivity index (χ3v) is 3.53. The van der Waals surface area contributed by atoms with Crippen LogP contribution in [-0.4, -0.2) is 32.3 Å². The van der Waals surface area contributed by atoms with Gasteiger partial charge >= 0.3 is 6.18 Å². The van der Waals surface area contributed by atoms with Crippen molar-refractivity contribution in [3.05, 3.63) is 53.5 Å². The summed E-state index contributed by atoms with van der Waals surface area (Å²) in [5, 5.41) is 6.19. The fourth-order valence-electron chi connectivity index (χ4n) is 2.26. The van der Waals surface area contributed by atoms with Gasteiger partial charge in [-0.25, -0.2) is 0 Å². The largest absolute Gasteiger partial charge is 0.484 e. The van der Waals surface area contributed by atoms with Crippen LogP contribution in [-0.2, 0) is 13.0 Å². The first-order valence-electron chi connectivity index (χ1n) is 8.13. The zero-order valence-electron chi connectivity index (χ0n) is 14.7. The lowest BCUT2D eigenvalue weighted by Crippen LogP contribution is -2.38. The second kappa shape index (κ2) is 9.17. The number of nitrogens with zero attached hydrogens (tertiary/aromatic N) is 1. The van der Waals surface area contributed by atoms with Crippen molar-refractivity contribution in [2.24, 2.45) is 4.99 Å². The Balaban J connectivity index is 1.89. The van der Waals surface area contributed by atoms with Gasteiger partial charge < -0.3 is 19.8 Å². The van der Waals surface area contributed by atoms with Gasteiger partial charge in [-0.2, -0.15) is 13.2 Å². The number of guanidine groups is 1. The number of aliphatic imine (C=N–C) groups is 1. The quantitative estimate of drug-likeness (QED) is 0.580. The molecule has 26 heavy (non-hydrogen) atoms. The summed E-state index contributed by atoms with van der Waals surface area (Å²) < 4.78 is 47.5. The van der Waals surface area contributed by atoms with Crippen LogP contribution in [0.3, 0.4) is 0 Å². The number of hydrogen-bond acceptors (Lipinski definition) is 3. The molecule has 1 aromatic carbocycles. The third-order valence-electron chi connectivity index (χ3n) is 3.53. The number of furan rings is 1. The first-order valence-corrected chi connectivity index (χ1v) is 8.13. The molecule has 0 bridgehead atoms. The lowest BCUT2D eigenvalue weighted by atomic mass is 10.1. The molecule has 0 aliphatic rings. The molecule has 0 fully saturated rings. The van der Waals surface area contributed by atoms with E-state index in [9.17, 15) is 13.2 Å². The molecule has 8 heteroatoms. The second-order valence-electron chi connectivity index (χ2n) is 5.70. The molecule has 0 saturated heterocycles. The minimum Gasteiger partial charge on any atom is -0.484 e. The maximum Gasteiger partial charge on any atom is 0.422 e. The fraction of sp³-hybridized carbons (Fsp3) is 0.389. The Bertz CT molecular complexity index is 713. The average Bonchev–Trinajstić information content (AvgIpc) is 3.10. The molecule has 1 aromatic heterocycles. The maximum absolute atomic E-state index is 12.4. The van der Waals surface area contributed by atoms with E-state index in [1.807, 2.05) is 18.2 Å². The van der Waals surface area contributed by atoms with Crippen molar-refractivity contribution in [2.75, 3.05) is 20.2 Å². The zero-order chi connectivity index (χ0) is 19.0. The van der Waals surface area contributed by atoms with Crippen LogP contribution >= 0.6 is 0 Å². The highest BCUT2D eigenvalue weighted by Gasteiger charge is 2.28. The van der Waals surface area contributed by atoms with Gasteiger partial charge in [0.25, 0.3) is 0 Å². The molecule has 0 unspecified atom stereocenters. The minimum absolute atomic E-state index is 0.209. The van der Waals surface area contributed by atoms with Crippen LogP contribution in [0.1, 0.15) is 16.9 Å². The van der Waals surface area contributed by atoms with Crippen LogP contribution < -0.4 is 15.4 Å². The van der Waals surface area contributed by atoms with E-state index in [-0.39, 0.29) is 12.3 Å². The highest BCUT2D eigenvalue weighted by Crippen LogP contribution is 2.23. The lowest BCUT2D eigenvalue weighted by molar-refractivity contribution is -0.153. The van der Waals surface area contributed by atoms with Crippen LogP contribution in [0.4, 0.5) is 13.2 Å². The van der Waals surface area contributed by atoms with E-state index in [2.05, 4.69) is 15.6 Å². The summed E-state index contributed by atoms with van der Waals surface area (Å²) in [6.07, 6.45) is -2.07. The smallest absolute Gasteiger partial charge is 0.422 e. The third kappa shape index (κ3) is 6.70. The monoisotopic (exact) mass is 369 g/mol. The minimum atomic E-state index is -4.38. The van der Waals surface area contributed by atoms with Crippen molar-refractivity contribution in [1.29, 1.82) is 0 Å². The topological polar surface area (TPSA) is 58.8 Å². The van der Waals surface area contributed by atoms with Crippen LogP contribution in [0.5, 0.6) is 5.75 Å². The number of rotatable bonds is 7. The molecular formula is C18H22F3N3O2. The molecule has 1 heterocycles. The average molecular weight is 369 g/mol. The van der Waals surface area contributed by atoms with Crippen molar-refractivity contribution >= 4 is 5.96 Å².